The van der Waals surface area contributed by atoms with Gasteiger partial charge in [-0.1, -0.05) is 25.4 Å². The number of nitrogens with one attached hydrogen (secondary N) is 1. The van der Waals surface area contributed by atoms with E-state index in [1.54, 1.807) is 12.4 Å². The predicted octanol–water partition coefficient (Wildman–Crippen LogP) is 3.48. The molecule has 2 aromatic rings. The van der Waals surface area contributed by atoms with Crippen LogP contribution in [0.4, 0.5) is 0 Å². The minimum Gasteiger partial charge on any atom is -0.342 e. The molecule has 0 atom stereocenters. The molecule has 6 heteroatoms. The molecule has 1 N–H and O–H groups in total. The zero-order valence-electron chi connectivity index (χ0n) is 9.54. The SMILES string of the molecule is CC(C)Cc1nc(-c2ncc[nH]2)nc(Cl)c1Br. The smallest absolute Gasteiger partial charge is 0.197 e. The Balaban J connectivity index is 2.46. The number of aromatic amines is 1. The minimum absolute atomic E-state index is 0.419. The molecule has 2 heterocycles. The molecule has 4 nitrogen and oxygen atoms in total. The average Bonchev–Trinajstić information content (AvgIpc) is 2.77. The second kappa shape index (κ2) is 5.14. The summed E-state index contributed by atoms with van der Waals surface area (Å²) in [5.41, 5.74) is 0.909. The van der Waals surface area contributed by atoms with Crippen LogP contribution in [0.15, 0.2) is 16.9 Å². The zero-order valence-corrected chi connectivity index (χ0v) is 11.9. The van der Waals surface area contributed by atoms with Gasteiger partial charge in [-0.3, -0.25) is 0 Å². The molecule has 0 unspecified atom stereocenters. The minimum atomic E-state index is 0.419. The fraction of sp³-hybridized carbons (Fsp3) is 0.364. The molecular formula is C11H12BrClN4. The Morgan fingerprint density at radius 1 is 1.41 bits per heavy atom. The fourth-order valence-electron chi connectivity index (χ4n) is 1.48. The first-order valence-electron chi connectivity index (χ1n) is 5.29. The van der Waals surface area contributed by atoms with E-state index in [0.29, 0.717) is 22.7 Å². The van der Waals surface area contributed by atoms with Crippen molar-refractivity contribution in [2.24, 2.45) is 5.92 Å². The van der Waals surface area contributed by atoms with Crippen LogP contribution < -0.4 is 0 Å². The van der Waals surface area contributed by atoms with Gasteiger partial charge in [0.05, 0.1) is 10.2 Å². The molecule has 0 aliphatic carbocycles. The average molecular weight is 316 g/mol. The summed E-state index contributed by atoms with van der Waals surface area (Å²) in [6.45, 7) is 4.27. The summed E-state index contributed by atoms with van der Waals surface area (Å²) < 4.78 is 0.767. The van der Waals surface area contributed by atoms with Crippen molar-refractivity contribution in [2.45, 2.75) is 20.3 Å². The molecule has 0 saturated carbocycles. The third-order valence-corrected chi connectivity index (χ3v) is 3.53. The van der Waals surface area contributed by atoms with Crippen molar-refractivity contribution in [3.8, 4) is 11.6 Å². The van der Waals surface area contributed by atoms with Crippen LogP contribution in [-0.4, -0.2) is 19.9 Å². The first-order chi connectivity index (χ1) is 8.08. The van der Waals surface area contributed by atoms with Crippen molar-refractivity contribution < 1.29 is 0 Å². The number of hydrogen-bond donors (Lipinski definition) is 1. The highest BCUT2D eigenvalue weighted by Gasteiger charge is 2.14. The number of nitrogens with zero attached hydrogens (tertiary/aromatic N) is 3. The van der Waals surface area contributed by atoms with E-state index < -0.39 is 0 Å². The topological polar surface area (TPSA) is 54.5 Å². The Hall–Kier alpha value is -0.940. The molecule has 0 aromatic carbocycles. The fourth-order valence-corrected chi connectivity index (χ4v) is 2.01. The Labute approximate surface area is 113 Å². The molecule has 2 aromatic heterocycles. The van der Waals surface area contributed by atoms with Crippen LogP contribution in [0.25, 0.3) is 11.6 Å². The summed E-state index contributed by atoms with van der Waals surface area (Å²) in [6, 6.07) is 0. The number of halogens is 2. The summed E-state index contributed by atoms with van der Waals surface area (Å²) in [6.07, 6.45) is 4.24. The van der Waals surface area contributed by atoms with Crippen molar-refractivity contribution >= 4 is 27.5 Å². The van der Waals surface area contributed by atoms with E-state index in [1.807, 2.05) is 0 Å². The van der Waals surface area contributed by atoms with Gasteiger partial charge in [0.15, 0.2) is 11.6 Å². The normalized spacial score (nSPS) is 11.1. The Morgan fingerprint density at radius 3 is 2.76 bits per heavy atom. The van der Waals surface area contributed by atoms with Crippen molar-refractivity contribution in [3.05, 3.63) is 27.7 Å². The van der Waals surface area contributed by atoms with Crippen LogP contribution in [-0.2, 0) is 6.42 Å². The van der Waals surface area contributed by atoms with Crippen LogP contribution in [0.5, 0.6) is 0 Å². The van der Waals surface area contributed by atoms with Gasteiger partial charge in [0.2, 0.25) is 0 Å². The number of aromatic nitrogens is 4. The van der Waals surface area contributed by atoms with Crippen LogP contribution in [0.1, 0.15) is 19.5 Å². The lowest BCUT2D eigenvalue weighted by Crippen LogP contribution is -2.03. The maximum Gasteiger partial charge on any atom is 0.197 e. The van der Waals surface area contributed by atoms with Crippen molar-refractivity contribution in [3.63, 3.8) is 0 Å². The Kier molecular flexibility index (Phi) is 3.79. The van der Waals surface area contributed by atoms with Gasteiger partial charge in [-0.15, -0.1) is 0 Å². The van der Waals surface area contributed by atoms with Crippen molar-refractivity contribution in [1.29, 1.82) is 0 Å². The number of rotatable bonds is 3. The van der Waals surface area contributed by atoms with Gasteiger partial charge in [0.1, 0.15) is 5.15 Å². The lowest BCUT2D eigenvalue weighted by molar-refractivity contribution is 0.632. The largest absolute Gasteiger partial charge is 0.342 e. The van der Waals surface area contributed by atoms with E-state index in [2.05, 4.69) is 49.7 Å². The van der Waals surface area contributed by atoms with E-state index in [9.17, 15) is 0 Å². The first kappa shape index (κ1) is 12.5. The third kappa shape index (κ3) is 2.84. The summed E-state index contributed by atoms with van der Waals surface area (Å²) in [5, 5.41) is 0.419. The second-order valence-electron chi connectivity index (χ2n) is 4.13. The third-order valence-electron chi connectivity index (χ3n) is 2.19. The van der Waals surface area contributed by atoms with Gasteiger partial charge < -0.3 is 4.98 Å². The predicted molar refractivity (Wildman–Crippen MR) is 70.9 cm³/mol. The van der Waals surface area contributed by atoms with Gasteiger partial charge in [-0.2, -0.15) is 0 Å². The highest BCUT2D eigenvalue weighted by Crippen LogP contribution is 2.27. The molecular weight excluding hydrogens is 304 g/mol. The molecule has 2 rings (SSSR count). The number of H-pyrrole nitrogens is 1. The van der Waals surface area contributed by atoms with Crippen LogP contribution in [0.2, 0.25) is 5.15 Å². The van der Waals surface area contributed by atoms with E-state index in [1.165, 1.54) is 0 Å². The van der Waals surface area contributed by atoms with Gasteiger partial charge in [0.25, 0.3) is 0 Å². The molecule has 0 saturated heterocycles. The summed E-state index contributed by atoms with van der Waals surface area (Å²) >= 11 is 9.50. The highest BCUT2D eigenvalue weighted by atomic mass is 79.9. The summed E-state index contributed by atoms with van der Waals surface area (Å²) in [7, 11) is 0. The first-order valence-corrected chi connectivity index (χ1v) is 6.46. The van der Waals surface area contributed by atoms with Crippen molar-refractivity contribution in [2.75, 3.05) is 0 Å². The van der Waals surface area contributed by atoms with Gasteiger partial charge >= 0.3 is 0 Å². The molecule has 0 spiro atoms. The quantitative estimate of drug-likeness (QED) is 0.882. The van der Waals surface area contributed by atoms with Gasteiger partial charge in [-0.05, 0) is 28.3 Å². The monoisotopic (exact) mass is 314 g/mol. The number of hydrogen-bond acceptors (Lipinski definition) is 3. The molecule has 0 amide bonds. The maximum absolute atomic E-state index is 6.08. The van der Waals surface area contributed by atoms with E-state index in [0.717, 1.165) is 16.6 Å². The Bertz CT molecular complexity index is 510. The Morgan fingerprint density at radius 2 is 2.18 bits per heavy atom. The van der Waals surface area contributed by atoms with E-state index in [-0.39, 0.29) is 0 Å². The summed E-state index contributed by atoms with van der Waals surface area (Å²) in [4.78, 5) is 15.8. The number of imidazole rings is 1. The maximum atomic E-state index is 6.08. The molecule has 0 aliphatic rings. The molecule has 0 radical (unpaired) electrons. The molecule has 90 valence electrons. The van der Waals surface area contributed by atoms with Crippen LogP contribution >= 0.6 is 27.5 Å². The second-order valence-corrected chi connectivity index (χ2v) is 5.29. The van der Waals surface area contributed by atoms with Gasteiger partial charge in [0, 0.05) is 12.4 Å². The van der Waals surface area contributed by atoms with E-state index >= 15 is 0 Å². The zero-order chi connectivity index (χ0) is 12.4. The van der Waals surface area contributed by atoms with Crippen molar-refractivity contribution in [1.82, 2.24) is 19.9 Å². The molecule has 0 fully saturated rings. The van der Waals surface area contributed by atoms with Crippen LogP contribution in [0, 0.1) is 5.92 Å². The molecule has 0 bridgehead atoms. The molecule has 0 aliphatic heterocycles. The highest BCUT2D eigenvalue weighted by molar-refractivity contribution is 9.10. The lowest BCUT2D eigenvalue weighted by Gasteiger charge is -2.08. The standard InChI is InChI=1S/C11H12BrClN4/c1-6(2)5-7-8(12)9(13)17-11(16-7)10-14-3-4-15-10/h3-4,6H,5H2,1-2H3,(H,14,15). The van der Waals surface area contributed by atoms with E-state index in [4.69, 9.17) is 11.6 Å². The van der Waals surface area contributed by atoms with Gasteiger partial charge in [-0.25, -0.2) is 15.0 Å². The molecule has 17 heavy (non-hydrogen) atoms. The summed E-state index contributed by atoms with van der Waals surface area (Å²) in [5.74, 6) is 1.66. The van der Waals surface area contributed by atoms with Crippen LogP contribution in [0.3, 0.4) is 0 Å². The lowest BCUT2D eigenvalue weighted by atomic mass is 10.1.